The minimum Gasteiger partial charge on any atom is -0.455 e. The molecule has 0 radical (unpaired) electrons. The first kappa shape index (κ1) is 38.4. The average molecular weight is 905 g/mol. The van der Waals surface area contributed by atoms with Crippen LogP contribution in [0.3, 0.4) is 0 Å². The first-order valence-electron chi connectivity index (χ1n) is 24.3. The van der Waals surface area contributed by atoms with Crippen molar-refractivity contribution >= 4 is 109 Å². The average Bonchev–Trinajstić information content (AvgIpc) is 4.23. The van der Waals surface area contributed by atoms with E-state index < -0.39 is 0 Å². The number of aromatic nitrogens is 4. The van der Waals surface area contributed by atoms with Crippen molar-refractivity contribution < 1.29 is 4.42 Å². The van der Waals surface area contributed by atoms with E-state index in [0.29, 0.717) is 0 Å². The number of fused-ring (bicyclic) bond motifs is 16. The monoisotopic (exact) mass is 904 g/mol. The van der Waals surface area contributed by atoms with Gasteiger partial charge in [-0.1, -0.05) is 127 Å². The second-order valence-corrected chi connectivity index (χ2v) is 18.9. The third-order valence-electron chi connectivity index (χ3n) is 15.1. The molecule has 16 aromatic rings. The molecule has 0 saturated carbocycles. The fourth-order valence-corrected chi connectivity index (χ4v) is 12.1. The summed E-state index contributed by atoms with van der Waals surface area (Å²) in [5.41, 5.74) is 18.0. The van der Waals surface area contributed by atoms with Crippen LogP contribution >= 0.6 is 0 Å². The van der Waals surface area contributed by atoms with Gasteiger partial charge < -0.3 is 22.7 Å². The molecule has 0 N–H and O–H groups in total. The van der Waals surface area contributed by atoms with E-state index in [-0.39, 0.29) is 0 Å². The van der Waals surface area contributed by atoms with Crippen molar-refractivity contribution in [1.82, 2.24) is 18.3 Å². The van der Waals surface area contributed by atoms with Crippen LogP contribution in [-0.2, 0) is 0 Å². The molecular formula is C66H40N4O. The largest absolute Gasteiger partial charge is 0.455 e. The summed E-state index contributed by atoms with van der Waals surface area (Å²) in [6.07, 6.45) is 0. The Bertz CT molecular complexity index is 4830. The highest BCUT2D eigenvalue weighted by Gasteiger charge is 2.22. The SMILES string of the molecule is c1ccc(-n2c3ccccc3c3cc(-c4ccc5c(c4)c4ccccc4n5-c4ccc5oc6c(ccc7c6c6ccccc6n7-c6cccc(-n7c8ccccc8c8ccccc87)c6)c5c4)ccc32)cc1. The molecule has 330 valence electrons. The van der Waals surface area contributed by atoms with Gasteiger partial charge in [-0.15, -0.1) is 0 Å². The summed E-state index contributed by atoms with van der Waals surface area (Å²) in [4.78, 5) is 0. The van der Waals surface area contributed by atoms with Gasteiger partial charge in [-0.2, -0.15) is 0 Å². The van der Waals surface area contributed by atoms with Gasteiger partial charge in [0.05, 0.1) is 49.5 Å². The molecule has 0 atom stereocenters. The van der Waals surface area contributed by atoms with Crippen LogP contribution in [0.15, 0.2) is 247 Å². The van der Waals surface area contributed by atoms with Crippen LogP contribution in [0.2, 0.25) is 0 Å². The summed E-state index contributed by atoms with van der Waals surface area (Å²) >= 11 is 0. The maximum Gasteiger partial charge on any atom is 0.145 e. The van der Waals surface area contributed by atoms with E-state index in [0.717, 1.165) is 72.0 Å². The smallest absolute Gasteiger partial charge is 0.145 e. The van der Waals surface area contributed by atoms with E-state index in [1.165, 1.54) is 71.0 Å². The fourth-order valence-electron chi connectivity index (χ4n) is 12.1. The number of hydrogen-bond acceptors (Lipinski definition) is 1. The van der Waals surface area contributed by atoms with Gasteiger partial charge in [0, 0.05) is 71.2 Å². The van der Waals surface area contributed by atoms with Crippen molar-refractivity contribution in [2.45, 2.75) is 0 Å². The van der Waals surface area contributed by atoms with E-state index >= 15 is 0 Å². The van der Waals surface area contributed by atoms with Gasteiger partial charge in [0.25, 0.3) is 0 Å². The minimum absolute atomic E-state index is 0.869. The number of benzene rings is 11. The van der Waals surface area contributed by atoms with Crippen molar-refractivity contribution in [2.75, 3.05) is 0 Å². The van der Waals surface area contributed by atoms with E-state index in [4.69, 9.17) is 4.42 Å². The highest BCUT2D eigenvalue weighted by molar-refractivity contribution is 6.24. The van der Waals surface area contributed by atoms with Gasteiger partial charge in [0.1, 0.15) is 11.2 Å². The second kappa shape index (κ2) is 14.5. The lowest BCUT2D eigenvalue weighted by molar-refractivity contribution is 0.673. The Labute approximate surface area is 406 Å². The van der Waals surface area contributed by atoms with Crippen LogP contribution in [0, 0.1) is 0 Å². The molecular weight excluding hydrogens is 865 g/mol. The zero-order chi connectivity index (χ0) is 46.3. The Morgan fingerprint density at radius 1 is 0.225 bits per heavy atom. The lowest BCUT2D eigenvalue weighted by atomic mass is 10.0. The van der Waals surface area contributed by atoms with Gasteiger partial charge >= 0.3 is 0 Å². The molecule has 11 aromatic carbocycles. The summed E-state index contributed by atoms with van der Waals surface area (Å²) in [7, 11) is 0. The van der Waals surface area contributed by atoms with Crippen LogP contribution < -0.4 is 0 Å². The lowest BCUT2D eigenvalue weighted by Crippen LogP contribution is -1.98. The van der Waals surface area contributed by atoms with Crippen LogP contribution in [0.4, 0.5) is 0 Å². The Balaban J connectivity index is 0.838. The normalized spacial score (nSPS) is 12.2. The summed E-state index contributed by atoms with van der Waals surface area (Å²) in [6.45, 7) is 0. The maximum atomic E-state index is 6.97. The topological polar surface area (TPSA) is 32.9 Å². The van der Waals surface area contributed by atoms with Gasteiger partial charge in [0.2, 0.25) is 0 Å². The molecule has 0 saturated heterocycles. The van der Waals surface area contributed by atoms with Crippen molar-refractivity contribution in [3.8, 4) is 33.9 Å². The van der Waals surface area contributed by atoms with Gasteiger partial charge in [-0.3, -0.25) is 0 Å². The molecule has 0 aliphatic heterocycles. The van der Waals surface area contributed by atoms with E-state index in [1.54, 1.807) is 0 Å². The second-order valence-electron chi connectivity index (χ2n) is 18.9. The molecule has 5 nitrogen and oxygen atoms in total. The molecule has 0 unspecified atom stereocenters. The van der Waals surface area contributed by atoms with Crippen LogP contribution in [0.25, 0.3) is 143 Å². The van der Waals surface area contributed by atoms with Gasteiger partial charge in [-0.05, 0) is 126 Å². The van der Waals surface area contributed by atoms with E-state index in [2.05, 4.69) is 261 Å². The van der Waals surface area contributed by atoms with Gasteiger partial charge in [0.15, 0.2) is 0 Å². The summed E-state index contributed by atoms with van der Waals surface area (Å²) in [6, 6.07) is 88.4. The molecule has 0 aliphatic carbocycles. The Morgan fingerprint density at radius 2 is 0.634 bits per heavy atom. The Kier molecular flexibility index (Phi) is 7.82. The van der Waals surface area contributed by atoms with Gasteiger partial charge in [-0.25, -0.2) is 0 Å². The minimum atomic E-state index is 0.869. The van der Waals surface area contributed by atoms with E-state index in [1.807, 2.05) is 0 Å². The number of rotatable bonds is 5. The zero-order valence-corrected chi connectivity index (χ0v) is 38.3. The molecule has 0 aliphatic rings. The fraction of sp³-hybridized carbons (Fsp3) is 0. The first-order chi connectivity index (χ1) is 35.2. The molecule has 71 heavy (non-hydrogen) atoms. The molecule has 0 amide bonds. The van der Waals surface area contributed by atoms with Crippen LogP contribution in [0.1, 0.15) is 0 Å². The molecule has 0 fully saturated rings. The number of nitrogens with zero attached hydrogens (tertiary/aromatic N) is 4. The molecule has 16 rings (SSSR count). The highest BCUT2D eigenvalue weighted by atomic mass is 16.3. The maximum absolute atomic E-state index is 6.97. The first-order valence-corrected chi connectivity index (χ1v) is 24.3. The molecule has 5 aromatic heterocycles. The van der Waals surface area contributed by atoms with Crippen molar-refractivity contribution in [3.63, 3.8) is 0 Å². The molecule has 5 heteroatoms. The number of hydrogen-bond donors (Lipinski definition) is 0. The molecule has 0 bridgehead atoms. The Morgan fingerprint density at radius 3 is 1.20 bits per heavy atom. The molecule has 0 spiro atoms. The third kappa shape index (κ3) is 5.40. The summed E-state index contributed by atoms with van der Waals surface area (Å²) in [5, 5.41) is 11.9. The van der Waals surface area contributed by atoms with E-state index in [9.17, 15) is 0 Å². The van der Waals surface area contributed by atoms with Crippen molar-refractivity contribution in [2.24, 2.45) is 0 Å². The predicted octanol–water partition coefficient (Wildman–Crippen LogP) is 17.6. The van der Waals surface area contributed by atoms with Crippen LogP contribution in [0.5, 0.6) is 0 Å². The zero-order valence-electron chi connectivity index (χ0n) is 38.3. The highest BCUT2D eigenvalue weighted by Crippen LogP contribution is 2.44. The quantitative estimate of drug-likeness (QED) is 0.169. The lowest BCUT2D eigenvalue weighted by Gasteiger charge is -2.12. The standard InChI is InChI=1S/C66H40N4O/c1-2-15-43(16-3-1)67-58-26-11-6-21-49(58)53-37-41(29-33-61(53)67)42-30-34-62-54(38-42)50-22-7-12-27-59(50)69(62)46-31-36-64-55(40-46)51-32-35-63-65(66(51)71-64)52-23-8-13-28-60(52)70(63)45-18-14-17-44(39-45)68-56-24-9-4-19-47(56)48-20-5-10-25-57(48)68/h1-40H. The number of furan rings is 1. The number of para-hydroxylation sites is 6. The Hall–Kier alpha value is -9.58. The van der Waals surface area contributed by atoms with Crippen molar-refractivity contribution in [1.29, 1.82) is 0 Å². The molecule has 5 heterocycles. The summed E-state index contributed by atoms with van der Waals surface area (Å²) < 4.78 is 16.5. The predicted molar refractivity (Wildman–Crippen MR) is 297 cm³/mol. The van der Waals surface area contributed by atoms with Crippen LogP contribution in [-0.4, -0.2) is 18.3 Å². The van der Waals surface area contributed by atoms with Crippen molar-refractivity contribution in [3.05, 3.63) is 243 Å². The summed E-state index contributed by atoms with van der Waals surface area (Å²) in [5.74, 6) is 0. The third-order valence-corrected chi connectivity index (χ3v) is 15.1.